The summed E-state index contributed by atoms with van der Waals surface area (Å²) in [5.74, 6) is -2.14. The zero-order valence-corrected chi connectivity index (χ0v) is 16.2. The minimum Gasteiger partial charge on any atom is -0.273 e. The summed E-state index contributed by atoms with van der Waals surface area (Å²) in [7, 11) is 0. The molecule has 2 aliphatic rings. The van der Waals surface area contributed by atoms with Crippen LogP contribution in [0.4, 0.5) is 15.8 Å². The Balaban J connectivity index is 1.58. The van der Waals surface area contributed by atoms with Gasteiger partial charge >= 0.3 is 0 Å². The first-order valence-electron chi connectivity index (χ1n) is 9.73. The van der Waals surface area contributed by atoms with Crippen molar-refractivity contribution in [2.75, 3.05) is 9.96 Å². The van der Waals surface area contributed by atoms with Gasteiger partial charge in [-0.05, 0) is 54.1 Å². The number of fused-ring (bicyclic) bond motifs is 1. The number of nitrogens with zero attached hydrogens (tertiary/aromatic N) is 3. The van der Waals surface area contributed by atoms with Gasteiger partial charge < -0.3 is 0 Å². The number of nitriles is 1. The Morgan fingerprint density at radius 1 is 0.839 bits per heavy atom. The predicted octanol–water partition coefficient (Wildman–Crippen LogP) is 3.75. The van der Waals surface area contributed by atoms with Crippen LogP contribution >= 0.6 is 0 Å². The first kappa shape index (κ1) is 19.0. The fourth-order valence-electron chi connectivity index (χ4n) is 4.15. The van der Waals surface area contributed by atoms with E-state index in [0.29, 0.717) is 16.9 Å². The van der Waals surface area contributed by atoms with E-state index < -0.39 is 35.7 Å². The van der Waals surface area contributed by atoms with Crippen LogP contribution in [0.5, 0.6) is 0 Å². The first-order chi connectivity index (χ1) is 15.1. The van der Waals surface area contributed by atoms with Gasteiger partial charge in [0.2, 0.25) is 5.91 Å². The largest absolute Gasteiger partial charge is 0.273 e. The molecule has 2 saturated heterocycles. The molecule has 0 aliphatic carbocycles. The molecule has 3 aromatic rings. The number of amides is 2. The maximum Gasteiger partial charge on any atom is 0.266 e. The molecule has 0 unspecified atom stereocenters. The van der Waals surface area contributed by atoms with Gasteiger partial charge in [0.25, 0.3) is 5.91 Å². The number of rotatable bonds is 3. The Morgan fingerprint density at radius 2 is 1.52 bits per heavy atom. The van der Waals surface area contributed by atoms with Crippen molar-refractivity contribution in [1.82, 2.24) is 0 Å². The third kappa shape index (κ3) is 3.05. The molecule has 2 heterocycles. The quantitative estimate of drug-likeness (QED) is 0.612. The summed E-state index contributed by atoms with van der Waals surface area (Å²) in [6, 6.07) is 22.8. The van der Waals surface area contributed by atoms with Crippen molar-refractivity contribution in [3.05, 3.63) is 95.8 Å². The van der Waals surface area contributed by atoms with Crippen LogP contribution in [0.15, 0.2) is 78.9 Å². The standard InChI is InChI=1S/C24H16FN3O3/c25-17-10-12-18(13-11-17)27-23(29)20-21(16-8-6-15(14-26)7-9-16)28(31-22(20)24(27)30)19-4-2-1-3-5-19/h1-13,20-22H/t20-,21-,22-/m1/s1. The lowest BCUT2D eigenvalue weighted by molar-refractivity contribution is -0.126. The molecule has 3 aromatic carbocycles. The van der Waals surface area contributed by atoms with Crippen LogP contribution in [0.25, 0.3) is 0 Å². The van der Waals surface area contributed by atoms with Crippen molar-refractivity contribution < 1.29 is 18.8 Å². The Kier molecular flexibility index (Phi) is 4.50. The van der Waals surface area contributed by atoms with Gasteiger partial charge in [0.15, 0.2) is 6.10 Å². The average Bonchev–Trinajstić information content (AvgIpc) is 3.31. The Morgan fingerprint density at radius 3 is 2.16 bits per heavy atom. The molecule has 0 N–H and O–H groups in total. The lowest BCUT2D eigenvalue weighted by atomic mass is 9.90. The highest BCUT2D eigenvalue weighted by Crippen LogP contribution is 2.47. The van der Waals surface area contributed by atoms with E-state index in [1.54, 1.807) is 29.3 Å². The SMILES string of the molecule is N#Cc1ccc([C@@H]2[C@H]3C(=O)N(c4ccc(F)cc4)C(=O)[C@@H]3ON2c2ccccc2)cc1. The number of carbonyl (C=O) groups excluding carboxylic acids is 2. The second-order valence-corrected chi connectivity index (χ2v) is 7.38. The summed E-state index contributed by atoms with van der Waals surface area (Å²) in [6.45, 7) is 0. The van der Waals surface area contributed by atoms with Crippen LogP contribution in [-0.2, 0) is 14.4 Å². The molecule has 7 heteroatoms. The molecule has 5 rings (SSSR count). The molecule has 0 saturated carbocycles. The fraction of sp³-hybridized carbons (Fsp3) is 0.125. The first-order valence-corrected chi connectivity index (χ1v) is 9.73. The molecular formula is C24H16FN3O3. The van der Waals surface area contributed by atoms with Crippen LogP contribution in [0, 0.1) is 23.1 Å². The minimum atomic E-state index is -1.00. The highest BCUT2D eigenvalue weighted by molar-refractivity contribution is 6.23. The average molecular weight is 413 g/mol. The Labute approximate surface area is 177 Å². The molecule has 6 nitrogen and oxygen atoms in total. The van der Waals surface area contributed by atoms with Crippen molar-refractivity contribution in [2.45, 2.75) is 12.1 Å². The van der Waals surface area contributed by atoms with E-state index in [1.807, 2.05) is 30.3 Å². The molecule has 3 atom stereocenters. The number of para-hydroxylation sites is 1. The van der Waals surface area contributed by atoms with Gasteiger partial charge in [-0.15, -0.1) is 0 Å². The smallest absolute Gasteiger partial charge is 0.266 e. The maximum atomic E-state index is 13.4. The Bertz CT molecular complexity index is 1190. The molecule has 2 aliphatic heterocycles. The topological polar surface area (TPSA) is 73.6 Å². The van der Waals surface area contributed by atoms with E-state index in [-0.39, 0.29) is 0 Å². The molecular weight excluding hydrogens is 397 g/mol. The van der Waals surface area contributed by atoms with Crippen molar-refractivity contribution in [2.24, 2.45) is 5.92 Å². The summed E-state index contributed by atoms with van der Waals surface area (Å²) >= 11 is 0. The van der Waals surface area contributed by atoms with Crippen LogP contribution in [-0.4, -0.2) is 17.9 Å². The third-order valence-corrected chi connectivity index (χ3v) is 5.59. The summed E-state index contributed by atoms with van der Waals surface area (Å²) in [5.41, 5.74) is 2.25. The van der Waals surface area contributed by atoms with Crippen LogP contribution in [0.2, 0.25) is 0 Å². The summed E-state index contributed by atoms with van der Waals surface area (Å²) in [6.07, 6.45) is -1.00. The lowest BCUT2D eigenvalue weighted by Crippen LogP contribution is -2.37. The predicted molar refractivity (Wildman–Crippen MR) is 110 cm³/mol. The highest BCUT2D eigenvalue weighted by Gasteiger charge is 2.60. The monoisotopic (exact) mass is 413 g/mol. The van der Waals surface area contributed by atoms with Crippen LogP contribution in [0.3, 0.4) is 0 Å². The summed E-state index contributed by atoms with van der Waals surface area (Å²) < 4.78 is 13.3. The molecule has 0 radical (unpaired) electrons. The summed E-state index contributed by atoms with van der Waals surface area (Å²) in [5, 5.41) is 10.7. The van der Waals surface area contributed by atoms with Gasteiger partial charge in [0.1, 0.15) is 11.7 Å². The number of halogens is 1. The van der Waals surface area contributed by atoms with E-state index in [4.69, 9.17) is 10.1 Å². The number of hydroxylamine groups is 1. The van der Waals surface area contributed by atoms with Crippen LogP contribution < -0.4 is 9.96 Å². The molecule has 2 amide bonds. The molecule has 0 aromatic heterocycles. The number of anilines is 2. The highest BCUT2D eigenvalue weighted by atomic mass is 19.1. The number of hydrogen-bond acceptors (Lipinski definition) is 5. The number of hydrogen-bond donors (Lipinski definition) is 0. The van der Waals surface area contributed by atoms with Crippen molar-refractivity contribution in [3.8, 4) is 6.07 Å². The normalized spacial score (nSPS) is 22.5. The van der Waals surface area contributed by atoms with Crippen molar-refractivity contribution >= 4 is 23.2 Å². The van der Waals surface area contributed by atoms with Gasteiger partial charge in [-0.1, -0.05) is 30.3 Å². The second-order valence-electron chi connectivity index (χ2n) is 7.38. The van der Waals surface area contributed by atoms with Crippen molar-refractivity contribution in [3.63, 3.8) is 0 Å². The lowest BCUT2D eigenvalue weighted by Gasteiger charge is -2.28. The third-order valence-electron chi connectivity index (χ3n) is 5.59. The van der Waals surface area contributed by atoms with E-state index in [1.165, 1.54) is 24.3 Å². The van der Waals surface area contributed by atoms with Gasteiger partial charge in [-0.3, -0.25) is 14.4 Å². The van der Waals surface area contributed by atoms with Gasteiger partial charge in [-0.25, -0.2) is 14.4 Å². The molecule has 0 spiro atoms. The second kappa shape index (κ2) is 7.35. The minimum absolute atomic E-state index is 0.305. The zero-order valence-electron chi connectivity index (χ0n) is 16.2. The molecule has 31 heavy (non-hydrogen) atoms. The molecule has 0 bridgehead atoms. The van der Waals surface area contributed by atoms with Gasteiger partial charge in [-0.2, -0.15) is 5.26 Å². The number of imide groups is 1. The number of benzene rings is 3. The van der Waals surface area contributed by atoms with Gasteiger partial charge in [0, 0.05) is 0 Å². The van der Waals surface area contributed by atoms with E-state index >= 15 is 0 Å². The zero-order chi connectivity index (χ0) is 21.5. The van der Waals surface area contributed by atoms with Gasteiger partial charge in [0.05, 0.1) is 29.0 Å². The Hall–Kier alpha value is -4.02. The fourth-order valence-corrected chi connectivity index (χ4v) is 4.15. The molecule has 152 valence electrons. The van der Waals surface area contributed by atoms with Crippen molar-refractivity contribution in [1.29, 1.82) is 5.26 Å². The number of carbonyl (C=O) groups is 2. The van der Waals surface area contributed by atoms with Crippen LogP contribution in [0.1, 0.15) is 17.2 Å². The van der Waals surface area contributed by atoms with E-state index in [2.05, 4.69) is 6.07 Å². The summed E-state index contributed by atoms with van der Waals surface area (Å²) in [4.78, 5) is 33.7. The molecule has 2 fully saturated rings. The van der Waals surface area contributed by atoms with E-state index in [9.17, 15) is 14.0 Å². The van der Waals surface area contributed by atoms with E-state index in [0.717, 1.165) is 10.5 Å². The maximum absolute atomic E-state index is 13.4.